The van der Waals surface area contributed by atoms with Crippen LogP contribution in [0.4, 0.5) is 149 Å². The molecule has 0 aliphatic carbocycles. The van der Waals surface area contributed by atoms with Gasteiger partial charge in [-0.25, -0.2) is 0 Å². The Labute approximate surface area is 289 Å². The Morgan fingerprint density at radius 3 is 0.466 bits per heavy atom. The van der Waals surface area contributed by atoms with Crippen LogP contribution in [0.2, 0.25) is 0 Å². The molecule has 0 saturated heterocycles. The summed E-state index contributed by atoms with van der Waals surface area (Å²) in [5, 5.41) is 21.8. The van der Waals surface area contributed by atoms with E-state index in [0.29, 0.717) is 0 Å². The third-order valence-electron chi connectivity index (χ3n) is 6.73. The molecule has 0 atom stereocenters. The summed E-state index contributed by atoms with van der Waals surface area (Å²) in [4.78, 5) is 21.8. The van der Waals surface area contributed by atoms with Crippen molar-refractivity contribution in [3.63, 3.8) is 0 Å². The van der Waals surface area contributed by atoms with Gasteiger partial charge in [0.05, 0.1) is 23.1 Å². The predicted octanol–water partition coefficient (Wildman–Crippen LogP) is 7.80. The van der Waals surface area contributed by atoms with Gasteiger partial charge in [-0.1, -0.05) is 0 Å². The number of carbonyl (C=O) groups is 2. The molecule has 344 valence electrons. The average molecular weight is 950 g/mol. The monoisotopic (exact) mass is 950 g/mol. The topological polar surface area (TPSA) is 80.3 Å². The maximum atomic E-state index is 14.5. The zero-order valence-electron chi connectivity index (χ0n) is 24.5. The van der Waals surface area contributed by atoms with E-state index in [1.165, 1.54) is 0 Å². The maximum Gasteiger partial charge on any atom is 0.460 e. The van der Waals surface area contributed by atoms with Crippen molar-refractivity contribution in [3.05, 3.63) is 11.1 Å². The third kappa shape index (κ3) is 6.43. The van der Waals surface area contributed by atoms with Crippen molar-refractivity contribution < 1.29 is 169 Å². The van der Waals surface area contributed by atoms with Crippen LogP contribution in [0.1, 0.15) is 0 Å². The molecule has 0 aliphatic rings. The molecule has 0 unspecified atom stereocenters. The second kappa shape index (κ2) is 13.4. The molecular formula is C20F34O4-2. The fourth-order valence-corrected chi connectivity index (χ4v) is 3.42. The van der Waals surface area contributed by atoms with E-state index in [0.717, 1.165) is 0 Å². The smallest absolute Gasteiger partial charge is 0.460 e. The Bertz CT molecular complexity index is 1500. The molecule has 0 fully saturated rings. The van der Waals surface area contributed by atoms with Gasteiger partial charge in [-0.15, -0.1) is 0 Å². The van der Waals surface area contributed by atoms with Gasteiger partial charge in [-0.2, -0.15) is 149 Å². The van der Waals surface area contributed by atoms with Crippen LogP contribution >= 0.6 is 0 Å². The molecule has 0 aromatic carbocycles. The molecule has 0 rings (SSSR count). The highest BCUT2D eigenvalue weighted by Gasteiger charge is 2.97. The van der Waals surface area contributed by atoms with Crippen LogP contribution in [0.5, 0.6) is 0 Å². The van der Waals surface area contributed by atoms with Crippen LogP contribution in [-0.2, 0) is 9.59 Å². The second-order valence-corrected chi connectivity index (χ2v) is 10.4. The molecule has 0 radical (unpaired) electrons. The number of aliphatic carboxylic acids is 2. The molecule has 38 heteroatoms. The third-order valence-corrected chi connectivity index (χ3v) is 6.73. The van der Waals surface area contributed by atoms with E-state index in [1.54, 1.807) is 0 Å². The van der Waals surface area contributed by atoms with Gasteiger partial charge >= 0.3 is 95.3 Å². The minimum absolute atomic E-state index is 5.60. The van der Waals surface area contributed by atoms with Crippen molar-refractivity contribution in [3.8, 4) is 0 Å². The maximum absolute atomic E-state index is 14.5. The highest BCUT2D eigenvalue weighted by molar-refractivity contribution is 6.00. The molecule has 0 bridgehead atoms. The van der Waals surface area contributed by atoms with Crippen molar-refractivity contribution in [1.82, 2.24) is 0 Å². The fourth-order valence-electron chi connectivity index (χ4n) is 3.42. The summed E-state index contributed by atoms with van der Waals surface area (Å²) < 4.78 is 458. The van der Waals surface area contributed by atoms with Crippen molar-refractivity contribution in [2.75, 3.05) is 0 Å². The lowest BCUT2D eigenvalue weighted by atomic mass is 9.82. The predicted molar refractivity (Wildman–Crippen MR) is 98.4 cm³/mol. The largest absolute Gasteiger partial charge is 0.545 e. The summed E-state index contributed by atoms with van der Waals surface area (Å²) in [5.41, 5.74) is -12.5. The highest BCUT2D eigenvalue weighted by atomic mass is 19.4. The zero-order valence-corrected chi connectivity index (χ0v) is 24.5. The normalized spacial score (nSPS) is 17.0. The number of carboxylic acids is 2. The van der Waals surface area contributed by atoms with Crippen LogP contribution in [0.3, 0.4) is 0 Å². The summed E-state index contributed by atoms with van der Waals surface area (Å²) in [6.07, 6.45) is -16.8. The summed E-state index contributed by atoms with van der Waals surface area (Å²) in [5.74, 6) is -146. The Morgan fingerprint density at radius 2 is 0.345 bits per heavy atom. The van der Waals surface area contributed by atoms with E-state index < -0.39 is 118 Å². The van der Waals surface area contributed by atoms with Gasteiger partial charge in [0.25, 0.3) is 0 Å². The molecule has 0 heterocycles. The van der Waals surface area contributed by atoms with E-state index in [4.69, 9.17) is 0 Å². The highest BCUT2D eigenvalue weighted by Crippen LogP contribution is 2.67. The quantitative estimate of drug-likeness (QED) is 0.117. The van der Waals surface area contributed by atoms with E-state index >= 15 is 0 Å². The van der Waals surface area contributed by atoms with Crippen LogP contribution in [0, 0.1) is 0 Å². The van der Waals surface area contributed by atoms with E-state index in [9.17, 15) is 169 Å². The molecule has 0 spiro atoms. The number of hydrogen-bond donors (Lipinski definition) is 0. The summed E-state index contributed by atoms with van der Waals surface area (Å²) in [6, 6.07) is 0. The Balaban J connectivity index is 8.44. The number of carbonyl (C=O) groups excluding carboxylic acids is 2. The summed E-state index contributed by atoms with van der Waals surface area (Å²) >= 11 is 0. The molecule has 0 aromatic rings. The minimum Gasteiger partial charge on any atom is -0.545 e. The number of halogens is 34. The first-order chi connectivity index (χ1) is 24.4. The van der Waals surface area contributed by atoms with Gasteiger partial charge < -0.3 is 19.8 Å². The van der Waals surface area contributed by atoms with Gasteiger partial charge in [0.1, 0.15) is 0 Å². The van der Waals surface area contributed by atoms with Gasteiger partial charge in [0, 0.05) is 0 Å². The number of alkyl halides is 34. The molecule has 0 aromatic heterocycles. The van der Waals surface area contributed by atoms with E-state index in [1.807, 2.05) is 0 Å². The van der Waals surface area contributed by atoms with Gasteiger partial charge in [0.15, 0.2) is 0 Å². The van der Waals surface area contributed by atoms with E-state index in [2.05, 4.69) is 0 Å². The SMILES string of the molecule is O=C([O-])/C(=C(/C(=O)[O-])C(F)(F)C(F)(F)C(F)(F)C(F)(F)C(F)(F)C(F)(F)C(F)(F)C(F)(F)F)C(F)(F)C(F)(F)C(F)(F)C(F)(F)C(F)(F)C(F)(F)C(F)(F)C(F)(F)F. The first-order valence-electron chi connectivity index (χ1n) is 12.0. The van der Waals surface area contributed by atoms with Crippen molar-refractivity contribution in [1.29, 1.82) is 0 Å². The molecule has 0 N–H and O–H groups in total. The fraction of sp³-hybridized carbons (Fsp3) is 0.800. The summed E-state index contributed by atoms with van der Waals surface area (Å²) in [6.45, 7) is 0. The average Bonchev–Trinajstić information content (AvgIpc) is 2.96. The molecular weight excluding hydrogens is 950 g/mol. The Kier molecular flexibility index (Phi) is 12.5. The first-order valence-corrected chi connectivity index (χ1v) is 12.0. The van der Waals surface area contributed by atoms with Crippen molar-refractivity contribution in [2.45, 2.75) is 95.3 Å². The lowest BCUT2D eigenvalue weighted by Gasteiger charge is -2.44. The molecule has 0 saturated carbocycles. The molecule has 58 heavy (non-hydrogen) atoms. The number of rotatable bonds is 16. The van der Waals surface area contributed by atoms with Crippen LogP contribution in [-0.4, -0.2) is 107 Å². The lowest BCUT2D eigenvalue weighted by Crippen LogP contribution is -2.75. The van der Waals surface area contributed by atoms with Gasteiger partial charge in [-0.05, 0) is 0 Å². The van der Waals surface area contributed by atoms with Crippen LogP contribution in [0.15, 0.2) is 11.1 Å². The van der Waals surface area contributed by atoms with Gasteiger partial charge in [-0.3, -0.25) is 0 Å². The molecule has 4 nitrogen and oxygen atoms in total. The van der Waals surface area contributed by atoms with Crippen molar-refractivity contribution in [2.24, 2.45) is 0 Å². The second-order valence-electron chi connectivity index (χ2n) is 10.4. The van der Waals surface area contributed by atoms with Gasteiger partial charge in [0.2, 0.25) is 0 Å². The zero-order chi connectivity index (χ0) is 48.3. The molecule has 0 aliphatic heterocycles. The first kappa shape index (κ1) is 54.3. The standard InChI is InChI=1S/C20H2F34O4/c21-5(22,7(25,26)9(29,30)11(33,34)13(37,38)15(41,42)17(45,46)19(49,50)51)1(3(55)56)2(4(57)58)6(23,24)8(27,28)10(31,32)12(35,36)14(39,40)16(43,44)18(47,48)20(52,53)54/h(H,55,56)(H,57,58)/p-2/b2-1+. The number of hydrogen-bond acceptors (Lipinski definition) is 4. The molecule has 0 amide bonds. The van der Waals surface area contributed by atoms with Crippen LogP contribution < -0.4 is 10.2 Å². The van der Waals surface area contributed by atoms with Crippen LogP contribution in [0.25, 0.3) is 0 Å². The summed E-state index contributed by atoms with van der Waals surface area (Å²) in [7, 11) is 0. The Morgan fingerprint density at radius 1 is 0.224 bits per heavy atom. The van der Waals surface area contributed by atoms with E-state index in [-0.39, 0.29) is 0 Å². The minimum atomic E-state index is -9.94. The lowest BCUT2D eigenvalue weighted by molar-refractivity contribution is -0.461. The number of carboxylic acid groups (broad SMARTS) is 2. The van der Waals surface area contributed by atoms with Crippen molar-refractivity contribution >= 4 is 11.9 Å². The Hall–Kier alpha value is -3.70.